The normalized spacial score (nSPS) is 13.5. The summed E-state index contributed by atoms with van der Waals surface area (Å²) < 4.78 is 33.5. The highest BCUT2D eigenvalue weighted by atomic mass is 16.6. The van der Waals surface area contributed by atoms with E-state index in [0.29, 0.717) is 46.0 Å². The zero-order valence-corrected chi connectivity index (χ0v) is 35.1. The van der Waals surface area contributed by atoms with Crippen LogP contribution in [0, 0.1) is 0 Å². The second-order valence-electron chi connectivity index (χ2n) is 17.2. The number of para-hydroxylation sites is 5. The maximum atomic E-state index is 7.05. The Bertz CT molecular complexity index is 3870. The molecule has 308 valence electrons. The first kappa shape index (κ1) is 35.6. The van der Waals surface area contributed by atoms with Crippen molar-refractivity contribution in [2.24, 2.45) is 0 Å². The Morgan fingerprint density at radius 3 is 1.74 bits per heavy atom. The second kappa shape index (κ2) is 13.3. The van der Waals surface area contributed by atoms with E-state index in [1.807, 2.05) is 60.7 Å². The molecule has 66 heavy (non-hydrogen) atoms. The fourth-order valence-electron chi connectivity index (χ4n) is 10.6. The lowest BCUT2D eigenvalue weighted by Gasteiger charge is -2.46. The summed E-state index contributed by atoms with van der Waals surface area (Å²) in [6, 6.07) is 69.5. The smallest absolute Gasteiger partial charge is 0.333 e. The van der Waals surface area contributed by atoms with Gasteiger partial charge >= 0.3 is 6.85 Å². The van der Waals surface area contributed by atoms with Crippen LogP contribution in [0.2, 0.25) is 0 Å². The van der Waals surface area contributed by atoms with Gasteiger partial charge in [0.25, 0.3) is 0 Å². The van der Waals surface area contributed by atoms with Crippen LogP contribution < -0.4 is 39.6 Å². The molecular weight excluding hydrogens is 815 g/mol. The van der Waals surface area contributed by atoms with Crippen LogP contribution in [0.15, 0.2) is 205 Å². The van der Waals surface area contributed by atoms with Gasteiger partial charge in [0, 0.05) is 62.2 Å². The predicted molar refractivity (Wildman–Crippen MR) is 264 cm³/mol. The SMILES string of the molecule is c1ccc(-c2ccc(N3B4c5cc6c(cc5N(c5ccc7c(c5)Oc5ccccc5O7)c5cc7c(oc8ccccc87)c(c54)-c4ccc5ccccc5c43)Oc3ccccc3O6)cc2)cc1. The first-order valence-corrected chi connectivity index (χ1v) is 22.2. The van der Waals surface area contributed by atoms with Gasteiger partial charge in [0.1, 0.15) is 11.2 Å². The summed E-state index contributed by atoms with van der Waals surface area (Å²) in [6.45, 7) is -0.352. The number of furan rings is 1. The number of nitrogens with zero attached hydrogens (tertiary/aromatic N) is 2. The lowest BCUT2D eigenvalue weighted by molar-refractivity contribution is 0.359. The number of rotatable bonds is 3. The summed E-state index contributed by atoms with van der Waals surface area (Å²) in [4.78, 5) is 4.89. The van der Waals surface area contributed by atoms with Crippen LogP contribution >= 0.6 is 0 Å². The Hall–Kier alpha value is -8.88. The van der Waals surface area contributed by atoms with Gasteiger partial charge in [-0.05, 0) is 94.2 Å². The van der Waals surface area contributed by atoms with Gasteiger partial charge in [0.15, 0.2) is 46.0 Å². The average molecular weight is 849 g/mol. The lowest BCUT2D eigenvalue weighted by Crippen LogP contribution is -2.61. The number of fused-ring (bicyclic) bond motifs is 14. The molecule has 0 fully saturated rings. The van der Waals surface area contributed by atoms with Gasteiger partial charge in [0.05, 0.1) is 5.69 Å². The van der Waals surface area contributed by atoms with E-state index in [9.17, 15) is 0 Å². The number of hydrogen-bond donors (Lipinski definition) is 0. The predicted octanol–water partition coefficient (Wildman–Crippen LogP) is 14.9. The van der Waals surface area contributed by atoms with Crippen LogP contribution in [-0.4, -0.2) is 6.85 Å². The van der Waals surface area contributed by atoms with Gasteiger partial charge in [-0.15, -0.1) is 0 Å². The van der Waals surface area contributed by atoms with Crippen LogP contribution in [0.5, 0.6) is 46.0 Å². The highest BCUT2D eigenvalue weighted by Crippen LogP contribution is 2.56. The van der Waals surface area contributed by atoms with Gasteiger partial charge in [-0.3, -0.25) is 0 Å². The van der Waals surface area contributed by atoms with E-state index in [-0.39, 0.29) is 6.85 Å². The molecule has 0 saturated carbocycles. The monoisotopic (exact) mass is 848 g/mol. The molecule has 0 spiro atoms. The van der Waals surface area contributed by atoms with Crippen LogP contribution in [-0.2, 0) is 0 Å². The molecule has 7 nitrogen and oxygen atoms in total. The Kier molecular flexibility index (Phi) is 7.18. The standard InChI is InChI=1S/C58H33BN2O5/c1-2-12-34(13-3-1)35-22-25-37(26-23-35)61-57-39-15-5-4-14-36(39)24-28-41(57)55-56-45(31-42-40-16-6-7-17-46(40)66-58(42)55)60(38-27-29-51-52(30-38)63-48-19-9-8-18-47(48)62-51)44-33-54-53(32-43(44)59(56)61)64-49-20-10-11-21-50(49)65-54/h1-33H. The maximum Gasteiger partial charge on any atom is 0.333 e. The van der Waals surface area contributed by atoms with Crippen LogP contribution in [0.25, 0.3) is 55.0 Å². The number of anilines is 5. The minimum atomic E-state index is -0.352. The van der Waals surface area contributed by atoms with Gasteiger partial charge in [0.2, 0.25) is 0 Å². The summed E-state index contributed by atoms with van der Waals surface area (Å²) in [5.74, 6) is 5.23. The van der Waals surface area contributed by atoms with E-state index in [1.54, 1.807) is 0 Å². The van der Waals surface area contributed by atoms with Crippen molar-refractivity contribution in [3.8, 4) is 68.2 Å². The molecule has 4 aliphatic rings. The van der Waals surface area contributed by atoms with Crippen molar-refractivity contribution in [3.05, 3.63) is 200 Å². The summed E-state index contributed by atoms with van der Waals surface area (Å²) >= 11 is 0. The molecular formula is C58H33BN2O5. The molecule has 1 aromatic heterocycles. The van der Waals surface area contributed by atoms with E-state index in [0.717, 1.165) is 88.8 Å². The molecule has 10 aromatic carbocycles. The van der Waals surface area contributed by atoms with E-state index in [2.05, 4.69) is 149 Å². The third-order valence-electron chi connectivity index (χ3n) is 13.5. The van der Waals surface area contributed by atoms with Gasteiger partial charge in [-0.1, -0.05) is 121 Å². The van der Waals surface area contributed by atoms with Crippen molar-refractivity contribution in [2.45, 2.75) is 0 Å². The van der Waals surface area contributed by atoms with E-state index < -0.39 is 0 Å². The molecule has 0 unspecified atom stereocenters. The largest absolute Gasteiger partial charge is 0.455 e. The fraction of sp³-hybridized carbons (Fsp3) is 0. The molecule has 0 radical (unpaired) electrons. The summed E-state index contributed by atoms with van der Waals surface area (Å²) in [6.07, 6.45) is 0. The topological polar surface area (TPSA) is 56.5 Å². The number of benzene rings is 10. The van der Waals surface area contributed by atoms with Crippen LogP contribution in [0.3, 0.4) is 0 Å². The molecule has 0 saturated heterocycles. The molecule has 15 rings (SSSR count). The Labute approximate surface area is 378 Å². The van der Waals surface area contributed by atoms with E-state index in [1.165, 1.54) is 5.56 Å². The summed E-state index contributed by atoms with van der Waals surface area (Å²) in [7, 11) is 0. The molecule has 11 aromatic rings. The average Bonchev–Trinajstić information content (AvgIpc) is 3.75. The zero-order valence-electron chi connectivity index (χ0n) is 35.1. The number of hydrogen-bond acceptors (Lipinski definition) is 7. The van der Waals surface area contributed by atoms with Gasteiger partial charge in [-0.2, -0.15) is 0 Å². The minimum absolute atomic E-state index is 0.352. The van der Waals surface area contributed by atoms with Crippen LogP contribution in [0.1, 0.15) is 0 Å². The molecule has 0 N–H and O–H groups in total. The molecule has 8 heteroatoms. The minimum Gasteiger partial charge on any atom is -0.455 e. The van der Waals surface area contributed by atoms with Crippen molar-refractivity contribution < 1.29 is 23.4 Å². The molecule has 0 atom stereocenters. The van der Waals surface area contributed by atoms with Gasteiger partial charge < -0.3 is 33.1 Å². The van der Waals surface area contributed by atoms with Crippen molar-refractivity contribution in [1.29, 1.82) is 0 Å². The Morgan fingerprint density at radius 2 is 0.985 bits per heavy atom. The fourth-order valence-corrected chi connectivity index (χ4v) is 10.6. The van der Waals surface area contributed by atoms with E-state index in [4.69, 9.17) is 23.4 Å². The molecule has 0 aliphatic carbocycles. The summed E-state index contributed by atoms with van der Waals surface area (Å²) in [5.41, 5.74) is 13.3. The molecule has 4 aliphatic heterocycles. The Morgan fingerprint density at radius 1 is 0.394 bits per heavy atom. The highest BCUT2D eigenvalue weighted by molar-refractivity contribution is 6.94. The van der Waals surface area contributed by atoms with Crippen molar-refractivity contribution in [3.63, 3.8) is 0 Å². The highest BCUT2D eigenvalue weighted by Gasteiger charge is 2.48. The third kappa shape index (κ3) is 5.03. The molecule has 0 amide bonds. The zero-order chi connectivity index (χ0) is 43.0. The van der Waals surface area contributed by atoms with Crippen molar-refractivity contribution in [2.75, 3.05) is 9.71 Å². The molecule has 5 heterocycles. The maximum absolute atomic E-state index is 7.05. The van der Waals surface area contributed by atoms with Crippen LogP contribution in [0.4, 0.5) is 28.4 Å². The van der Waals surface area contributed by atoms with Gasteiger partial charge in [-0.25, -0.2) is 0 Å². The summed E-state index contributed by atoms with van der Waals surface area (Å²) in [5, 5.41) is 4.37. The van der Waals surface area contributed by atoms with E-state index >= 15 is 0 Å². The third-order valence-corrected chi connectivity index (χ3v) is 13.5. The first-order valence-electron chi connectivity index (χ1n) is 22.2. The second-order valence-corrected chi connectivity index (χ2v) is 17.2. The quantitative estimate of drug-likeness (QED) is 0.164. The number of ether oxygens (including phenoxy) is 4. The Balaban J connectivity index is 1.06. The van der Waals surface area contributed by atoms with Crippen molar-refractivity contribution >= 4 is 78.9 Å². The van der Waals surface area contributed by atoms with Crippen molar-refractivity contribution in [1.82, 2.24) is 0 Å². The lowest BCUT2D eigenvalue weighted by atomic mass is 9.43. The molecule has 0 bridgehead atoms. The first-order chi connectivity index (χ1) is 32.7.